The zero-order chi connectivity index (χ0) is 16.2. The third kappa shape index (κ3) is 3.71. The summed E-state index contributed by atoms with van der Waals surface area (Å²) in [5.41, 5.74) is 2.18. The van der Waals surface area contributed by atoms with Crippen LogP contribution in [0.5, 0.6) is 0 Å². The second-order valence-electron chi connectivity index (χ2n) is 4.95. The molecule has 0 fully saturated rings. The minimum atomic E-state index is 0.573. The molecule has 1 aromatic heterocycles. The van der Waals surface area contributed by atoms with E-state index in [1.165, 1.54) is 0 Å². The Labute approximate surface area is 149 Å². The third-order valence-corrected chi connectivity index (χ3v) is 5.19. The van der Waals surface area contributed by atoms with E-state index in [9.17, 15) is 0 Å². The van der Waals surface area contributed by atoms with Gasteiger partial charge < -0.3 is 4.57 Å². The number of nitrogens with zero attached hydrogens (tertiary/aromatic N) is 3. The van der Waals surface area contributed by atoms with Crippen LogP contribution in [0.3, 0.4) is 0 Å². The van der Waals surface area contributed by atoms with Crippen LogP contribution < -0.4 is 0 Å². The standard InChI is InChI=1S/C17H15Cl2N3S/c1-2-22-16(13-6-4-3-5-7-13)20-21-17(22)23-11-12-8-9-14(18)15(19)10-12/h3-10H,2,11H2,1H3. The van der Waals surface area contributed by atoms with Crippen molar-refractivity contribution in [2.75, 3.05) is 0 Å². The van der Waals surface area contributed by atoms with E-state index in [4.69, 9.17) is 23.2 Å². The van der Waals surface area contributed by atoms with E-state index in [1.54, 1.807) is 11.8 Å². The summed E-state index contributed by atoms with van der Waals surface area (Å²) >= 11 is 13.7. The number of aromatic nitrogens is 3. The molecule has 0 atom stereocenters. The summed E-state index contributed by atoms with van der Waals surface area (Å²) in [5.74, 6) is 1.66. The largest absolute Gasteiger partial charge is 0.302 e. The molecule has 0 bridgehead atoms. The van der Waals surface area contributed by atoms with E-state index in [0.717, 1.165) is 34.4 Å². The van der Waals surface area contributed by atoms with Crippen molar-refractivity contribution in [2.24, 2.45) is 0 Å². The van der Waals surface area contributed by atoms with Gasteiger partial charge in [0.2, 0.25) is 0 Å². The molecule has 0 aliphatic heterocycles. The number of halogens is 2. The Morgan fingerprint density at radius 1 is 1.00 bits per heavy atom. The summed E-state index contributed by atoms with van der Waals surface area (Å²) in [4.78, 5) is 0. The fourth-order valence-corrected chi connectivity index (χ4v) is 3.52. The Hall–Kier alpha value is -1.49. The number of hydrogen-bond acceptors (Lipinski definition) is 3. The highest BCUT2D eigenvalue weighted by Gasteiger charge is 2.13. The number of thioether (sulfide) groups is 1. The SMILES string of the molecule is CCn1c(SCc2ccc(Cl)c(Cl)c2)nnc1-c1ccccc1. The summed E-state index contributed by atoms with van der Waals surface area (Å²) in [6.07, 6.45) is 0. The average molecular weight is 364 g/mol. The van der Waals surface area contributed by atoms with Crippen molar-refractivity contribution < 1.29 is 0 Å². The van der Waals surface area contributed by atoms with Crippen molar-refractivity contribution in [1.29, 1.82) is 0 Å². The van der Waals surface area contributed by atoms with Crippen LogP contribution >= 0.6 is 35.0 Å². The lowest BCUT2D eigenvalue weighted by Gasteiger charge is -2.07. The maximum atomic E-state index is 6.06. The summed E-state index contributed by atoms with van der Waals surface area (Å²) < 4.78 is 2.12. The molecule has 0 spiro atoms. The monoisotopic (exact) mass is 363 g/mol. The van der Waals surface area contributed by atoms with Gasteiger partial charge in [0.25, 0.3) is 0 Å². The van der Waals surface area contributed by atoms with Gasteiger partial charge in [-0.15, -0.1) is 10.2 Å². The molecule has 2 aromatic carbocycles. The highest BCUT2D eigenvalue weighted by Crippen LogP contribution is 2.29. The molecule has 3 rings (SSSR count). The van der Waals surface area contributed by atoms with E-state index in [2.05, 4.69) is 21.7 Å². The summed E-state index contributed by atoms with van der Waals surface area (Å²) in [6.45, 7) is 2.92. The molecule has 118 valence electrons. The van der Waals surface area contributed by atoms with Crippen LogP contribution in [-0.2, 0) is 12.3 Å². The summed E-state index contributed by atoms with van der Waals surface area (Å²) in [7, 11) is 0. The van der Waals surface area contributed by atoms with Gasteiger partial charge in [0.15, 0.2) is 11.0 Å². The molecule has 0 aliphatic carbocycles. The molecule has 3 nitrogen and oxygen atoms in total. The van der Waals surface area contributed by atoms with Gasteiger partial charge in [-0.25, -0.2) is 0 Å². The number of rotatable bonds is 5. The molecule has 0 aliphatic rings. The zero-order valence-electron chi connectivity index (χ0n) is 12.5. The molecular weight excluding hydrogens is 349 g/mol. The lowest BCUT2D eigenvalue weighted by Crippen LogP contribution is -1.99. The first-order valence-electron chi connectivity index (χ1n) is 7.24. The number of benzene rings is 2. The molecule has 23 heavy (non-hydrogen) atoms. The van der Waals surface area contributed by atoms with Crippen LogP contribution in [-0.4, -0.2) is 14.8 Å². The molecule has 0 radical (unpaired) electrons. The van der Waals surface area contributed by atoms with Crippen molar-refractivity contribution in [3.63, 3.8) is 0 Å². The molecule has 0 saturated heterocycles. The van der Waals surface area contributed by atoms with Crippen molar-refractivity contribution in [2.45, 2.75) is 24.4 Å². The summed E-state index contributed by atoms with van der Waals surface area (Å²) in [5, 5.41) is 10.7. The quantitative estimate of drug-likeness (QED) is 0.555. The zero-order valence-corrected chi connectivity index (χ0v) is 14.9. The van der Waals surface area contributed by atoms with E-state index in [1.807, 2.05) is 48.5 Å². The van der Waals surface area contributed by atoms with Gasteiger partial charge >= 0.3 is 0 Å². The highest BCUT2D eigenvalue weighted by atomic mass is 35.5. The fourth-order valence-electron chi connectivity index (χ4n) is 2.26. The predicted molar refractivity (Wildman–Crippen MR) is 97.2 cm³/mol. The van der Waals surface area contributed by atoms with Gasteiger partial charge in [0.1, 0.15) is 0 Å². The Balaban J connectivity index is 1.81. The second kappa shape index (κ2) is 7.39. The first kappa shape index (κ1) is 16.4. The second-order valence-corrected chi connectivity index (χ2v) is 6.71. The van der Waals surface area contributed by atoms with Gasteiger partial charge in [-0.1, -0.05) is 71.4 Å². The van der Waals surface area contributed by atoms with Gasteiger partial charge in [-0.05, 0) is 24.6 Å². The lowest BCUT2D eigenvalue weighted by molar-refractivity contribution is 0.687. The highest BCUT2D eigenvalue weighted by molar-refractivity contribution is 7.98. The Kier molecular flexibility index (Phi) is 5.26. The lowest BCUT2D eigenvalue weighted by atomic mass is 10.2. The smallest absolute Gasteiger partial charge is 0.191 e. The molecule has 0 amide bonds. The van der Waals surface area contributed by atoms with Crippen LogP contribution in [0.25, 0.3) is 11.4 Å². The Bertz CT molecular complexity index is 803. The normalized spacial score (nSPS) is 10.9. The molecule has 3 aromatic rings. The maximum Gasteiger partial charge on any atom is 0.191 e. The van der Waals surface area contributed by atoms with Gasteiger partial charge in [-0.2, -0.15) is 0 Å². The topological polar surface area (TPSA) is 30.7 Å². The van der Waals surface area contributed by atoms with Gasteiger partial charge in [-0.3, -0.25) is 0 Å². The van der Waals surface area contributed by atoms with Crippen molar-refractivity contribution in [3.8, 4) is 11.4 Å². The summed E-state index contributed by atoms with van der Waals surface area (Å²) in [6, 6.07) is 15.8. The van der Waals surface area contributed by atoms with Crippen LogP contribution in [0.4, 0.5) is 0 Å². The van der Waals surface area contributed by atoms with Gasteiger partial charge in [0.05, 0.1) is 10.0 Å². The maximum absolute atomic E-state index is 6.06. The molecule has 0 unspecified atom stereocenters. The van der Waals surface area contributed by atoms with E-state index >= 15 is 0 Å². The van der Waals surface area contributed by atoms with E-state index < -0.39 is 0 Å². The molecule has 0 N–H and O–H groups in total. The van der Waals surface area contributed by atoms with Crippen LogP contribution in [0.1, 0.15) is 12.5 Å². The predicted octanol–water partition coefficient (Wildman–Crippen LogP) is 5.56. The van der Waals surface area contributed by atoms with Crippen molar-refractivity contribution in [3.05, 3.63) is 64.1 Å². The first-order valence-corrected chi connectivity index (χ1v) is 8.98. The molecule has 1 heterocycles. The molecular formula is C17H15Cl2N3S. The van der Waals surface area contributed by atoms with Crippen molar-refractivity contribution in [1.82, 2.24) is 14.8 Å². The van der Waals surface area contributed by atoms with E-state index in [-0.39, 0.29) is 0 Å². The average Bonchev–Trinajstić information content (AvgIpc) is 2.99. The van der Waals surface area contributed by atoms with Crippen LogP contribution in [0, 0.1) is 0 Å². The van der Waals surface area contributed by atoms with E-state index in [0.29, 0.717) is 10.0 Å². The first-order chi connectivity index (χ1) is 11.2. The van der Waals surface area contributed by atoms with Crippen LogP contribution in [0.15, 0.2) is 53.7 Å². The number of hydrogen-bond donors (Lipinski definition) is 0. The molecule has 6 heteroatoms. The molecule has 0 saturated carbocycles. The fraction of sp³-hybridized carbons (Fsp3) is 0.176. The van der Waals surface area contributed by atoms with Crippen LogP contribution in [0.2, 0.25) is 10.0 Å². The Morgan fingerprint density at radius 2 is 1.78 bits per heavy atom. The minimum Gasteiger partial charge on any atom is -0.302 e. The minimum absolute atomic E-state index is 0.573. The Morgan fingerprint density at radius 3 is 2.48 bits per heavy atom. The van der Waals surface area contributed by atoms with Gasteiger partial charge in [0, 0.05) is 17.9 Å². The third-order valence-electron chi connectivity index (χ3n) is 3.42. The van der Waals surface area contributed by atoms with Crippen molar-refractivity contribution >= 4 is 35.0 Å².